The summed E-state index contributed by atoms with van der Waals surface area (Å²) in [7, 11) is 1.79. The van der Waals surface area contributed by atoms with Crippen molar-refractivity contribution in [3.63, 3.8) is 0 Å². The SMILES string of the molecule is Cc1cccc(CN(C)C(=O)C2(C(N)=S)CC(C)C2)n1. The second-order valence-corrected chi connectivity index (χ2v) is 6.33. The lowest BCUT2D eigenvalue weighted by molar-refractivity contribution is -0.143. The third-order valence-corrected chi connectivity index (χ3v) is 4.36. The molecule has 0 bridgehead atoms. The molecule has 1 aliphatic carbocycles. The van der Waals surface area contributed by atoms with Crippen molar-refractivity contribution in [3.05, 3.63) is 29.6 Å². The molecule has 20 heavy (non-hydrogen) atoms. The second-order valence-electron chi connectivity index (χ2n) is 5.89. The summed E-state index contributed by atoms with van der Waals surface area (Å²) in [6.45, 7) is 4.54. The number of pyridine rings is 1. The predicted molar refractivity (Wildman–Crippen MR) is 83.1 cm³/mol. The summed E-state index contributed by atoms with van der Waals surface area (Å²) >= 11 is 5.13. The van der Waals surface area contributed by atoms with E-state index in [0.717, 1.165) is 24.2 Å². The third kappa shape index (κ3) is 2.68. The monoisotopic (exact) mass is 291 g/mol. The highest BCUT2D eigenvalue weighted by Crippen LogP contribution is 2.47. The Kier molecular flexibility index (Phi) is 4.09. The summed E-state index contributed by atoms with van der Waals surface area (Å²) in [6, 6.07) is 5.81. The Morgan fingerprint density at radius 1 is 1.55 bits per heavy atom. The molecule has 0 saturated heterocycles. The van der Waals surface area contributed by atoms with Gasteiger partial charge in [0.15, 0.2) is 0 Å². The van der Waals surface area contributed by atoms with E-state index in [-0.39, 0.29) is 5.91 Å². The fourth-order valence-electron chi connectivity index (χ4n) is 2.98. The van der Waals surface area contributed by atoms with Gasteiger partial charge >= 0.3 is 0 Å². The van der Waals surface area contributed by atoms with Gasteiger partial charge in [-0.1, -0.05) is 25.2 Å². The minimum Gasteiger partial charge on any atom is -0.392 e. The van der Waals surface area contributed by atoms with Gasteiger partial charge in [0.25, 0.3) is 0 Å². The molecule has 1 aromatic heterocycles. The molecule has 1 amide bonds. The van der Waals surface area contributed by atoms with Crippen molar-refractivity contribution in [2.24, 2.45) is 17.1 Å². The molecule has 5 heteroatoms. The molecule has 1 heterocycles. The molecule has 0 radical (unpaired) electrons. The number of rotatable bonds is 4. The smallest absolute Gasteiger partial charge is 0.235 e. The van der Waals surface area contributed by atoms with E-state index in [1.807, 2.05) is 25.1 Å². The molecule has 0 unspecified atom stereocenters. The Morgan fingerprint density at radius 2 is 2.20 bits per heavy atom. The van der Waals surface area contributed by atoms with Gasteiger partial charge in [-0.15, -0.1) is 0 Å². The topological polar surface area (TPSA) is 59.2 Å². The van der Waals surface area contributed by atoms with Crippen molar-refractivity contribution in [1.82, 2.24) is 9.88 Å². The lowest BCUT2D eigenvalue weighted by Gasteiger charge is -2.45. The fraction of sp³-hybridized carbons (Fsp3) is 0.533. The molecule has 0 aromatic carbocycles. The molecule has 1 saturated carbocycles. The molecule has 1 aromatic rings. The van der Waals surface area contributed by atoms with Crippen molar-refractivity contribution >= 4 is 23.1 Å². The summed E-state index contributed by atoms with van der Waals surface area (Å²) in [4.78, 5) is 19.1. The van der Waals surface area contributed by atoms with Gasteiger partial charge < -0.3 is 10.6 Å². The molecule has 0 spiro atoms. The van der Waals surface area contributed by atoms with Gasteiger partial charge in [-0.25, -0.2) is 0 Å². The maximum absolute atomic E-state index is 12.7. The molecule has 2 N–H and O–H groups in total. The van der Waals surface area contributed by atoms with E-state index in [1.165, 1.54) is 0 Å². The summed E-state index contributed by atoms with van der Waals surface area (Å²) < 4.78 is 0. The predicted octanol–water partition coefficient (Wildman–Crippen LogP) is 2.05. The normalized spacial score (nSPS) is 24.9. The van der Waals surface area contributed by atoms with E-state index in [9.17, 15) is 4.79 Å². The molecular weight excluding hydrogens is 270 g/mol. The van der Waals surface area contributed by atoms with Crippen LogP contribution in [0.2, 0.25) is 0 Å². The van der Waals surface area contributed by atoms with Gasteiger partial charge in [-0.3, -0.25) is 9.78 Å². The Morgan fingerprint density at radius 3 is 2.70 bits per heavy atom. The lowest BCUT2D eigenvalue weighted by Crippen LogP contribution is -2.56. The van der Waals surface area contributed by atoms with E-state index in [2.05, 4.69) is 11.9 Å². The van der Waals surface area contributed by atoms with Crippen LogP contribution in [-0.4, -0.2) is 27.8 Å². The third-order valence-electron chi connectivity index (χ3n) is 3.97. The Bertz CT molecular complexity index is 538. The van der Waals surface area contributed by atoms with Gasteiger partial charge in [0.05, 0.1) is 22.6 Å². The zero-order chi connectivity index (χ0) is 14.9. The second kappa shape index (κ2) is 5.48. The number of aryl methyl sites for hydroxylation is 1. The first kappa shape index (κ1) is 14.9. The number of nitrogens with two attached hydrogens (primary N) is 1. The van der Waals surface area contributed by atoms with Crippen LogP contribution in [0.5, 0.6) is 0 Å². The van der Waals surface area contributed by atoms with Gasteiger partial charge in [0.2, 0.25) is 5.91 Å². The van der Waals surface area contributed by atoms with Crippen molar-refractivity contribution in [2.75, 3.05) is 7.05 Å². The Labute approximate surface area is 125 Å². The molecule has 4 nitrogen and oxygen atoms in total. The molecular formula is C15H21N3OS. The van der Waals surface area contributed by atoms with Gasteiger partial charge in [-0.2, -0.15) is 0 Å². The van der Waals surface area contributed by atoms with Crippen LogP contribution in [-0.2, 0) is 11.3 Å². The van der Waals surface area contributed by atoms with Crippen LogP contribution in [0.25, 0.3) is 0 Å². The number of aromatic nitrogens is 1. The number of hydrogen-bond donors (Lipinski definition) is 1. The van der Waals surface area contributed by atoms with E-state index in [4.69, 9.17) is 18.0 Å². The van der Waals surface area contributed by atoms with Crippen LogP contribution in [0, 0.1) is 18.3 Å². The minimum atomic E-state index is -0.632. The van der Waals surface area contributed by atoms with Gasteiger partial charge in [0.1, 0.15) is 0 Å². The number of carbonyl (C=O) groups is 1. The maximum Gasteiger partial charge on any atom is 0.235 e. The number of amides is 1. The van der Waals surface area contributed by atoms with Crippen molar-refractivity contribution in [1.29, 1.82) is 0 Å². The number of hydrogen-bond acceptors (Lipinski definition) is 3. The van der Waals surface area contributed by atoms with E-state index < -0.39 is 5.41 Å². The summed E-state index contributed by atoms with van der Waals surface area (Å²) in [6.07, 6.45) is 1.51. The van der Waals surface area contributed by atoms with Crippen LogP contribution >= 0.6 is 12.2 Å². The van der Waals surface area contributed by atoms with Gasteiger partial charge in [-0.05, 0) is 37.8 Å². The molecule has 0 aliphatic heterocycles. The Hall–Kier alpha value is -1.49. The molecule has 2 rings (SSSR count). The average molecular weight is 291 g/mol. The maximum atomic E-state index is 12.7. The summed E-state index contributed by atoms with van der Waals surface area (Å²) in [5.41, 5.74) is 7.02. The van der Waals surface area contributed by atoms with Crippen LogP contribution in [0.4, 0.5) is 0 Å². The highest BCUT2D eigenvalue weighted by molar-refractivity contribution is 7.80. The quantitative estimate of drug-likeness (QED) is 0.863. The van der Waals surface area contributed by atoms with Crippen LogP contribution in [0.3, 0.4) is 0 Å². The molecule has 0 atom stereocenters. The standard InChI is InChI=1S/C15H21N3OS/c1-10-7-15(8-10,13(16)20)14(19)18(3)9-12-6-4-5-11(2)17-12/h4-6,10H,7-9H2,1-3H3,(H2,16,20). The first-order chi connectivity index (χ1) is 9.35. The van der Waals surface area contributed by atoms with Crippen LogP contribution in [0.15, 0.2) is 18.2 Å². The fourth-order valence-corrected chi connectivity index (χ4v) is 3.23. The molecule has 1 aliphatic rings. The van der Waals surface area contributed by atoms with Crippen LogP contribution < -0.4 is 5.73 Å². The largest absolute Gasteiger partial charge is 0.392 e. The summed E-state index contributed by atoms with van der Waals surface area (Å²) in [5.74, 6) is 0.525. The number of nitrogens with zero attached hydrogens (tertiary/aromatic N) is 2. The van der Waals surface area contributed by atoms with Crippen molar-refractivity contribution in [2.45, 2.75) is 33.2 Å². The highest BCUT2D eigenvalue weighted by Gasteiger charge is 2.51. The summed E-state index contributed by atoms with van der Waals surface area (Å²) in [5, 5.41) is 0. The minimum absolute atomic E-state index is 0.0198. The highest BCUT2D eigenvalue weighted by atomic mass is 32.1. The van der Waals surface area contributed by atoms with Crippen molar-refractivity contribution < 1.29 is 4.79 Å². The zero-order valence-electron chi connectivity index (χ0n) is 12.2. The molecule has 108 valence electrons. The Balaban J connectivity index is 2.10. The first-order valence-corrected chi connectivity index (χ1v) is 7.24. The van der Waals surface area contributed by atoms with Gasteiger partial charge in [0, 0.05) is 12.7 Å². The number of carbonyl (C=O) groups excluding carboxylic acids is 1. The van der Waals surface area contributed by atoms with E-state index in [1.54, 1.807) is 11.9 Å². The molecule has 1 fully saturated rings. The van der Waals surface area contributed by atoms with Crippen molar-refractivity contribution in [3.8, 4) is 0 Å². The number of thiocarbonyl (C=S) groups is 1. The van der Waals surface area contributed by atoms with E-state index >= 15 is 0 Å². The average Bonchev–Trinajstić information content (AvgIpc) is 2.33. The van der Waals surface area contributed by atoms with E-state index in [0.29, 0.717) is 17.5 Å². The zero-order valence-corrected chi connectivity index (χ0v) is 13.0. The lowest BCUT2D eigenvalue weighted by atomic mass is 9.61. The van der Waals surface area contributed by atoms with Crippen LogP contribution in [0.1, 0.15) is 31.2 Å². The first-order valence-electron chi connectivity index (χ1n) is 6.83.